The molecule has 0 radical (unpaired) electrons. The van der Waals surface area contributed by atoms with Crippen molar-refractivity contribution >= 4 is 13.1 Å². The van der Waals surface area contributed by atoms with Crippen molar-refractivity contribution in [3.8, 4) is 0 Å². The third-order valence-electron chi connectivity index (χ3n) is 4.87. The average molecular weight is 413 g/mol. The van der Waals surface area contributed by atoms with Gasteiger partial charge >= 0.3 is 6.03 Å². The Hall–Kier alpha value is -2.10. The van der Waals surface area contributed by atoms with Crippen LogP contribution in [-0.4, -0.2) is 67.2 Å². The maximum absolute atomic E-state index is 13.2. The fourth-order valence-electron chi connectivity index (χ4n) is 3.50. The number of hydrogen-bond acceptors (Lipinski definition) is 3. The van der Waals surface area contributed by atoms with Gasteiger partial charge in [-0.2, -0.15) is 0 Å². The maximum atomic E-state index is 13.2. The summed E-state index contributed by atoms with van der Waals surface area (Å²) in [5, 5.41) is 0. The van der Waals surface area contributed by atoms with Crippen molar-refractivity contribution in [1.29, 1.82) is 0 Å². The lowest BCUT2D eigenvalue weighted by molar-refractivity contribution is 0.0265. The van der Waals surface area contributed by atoms with Crippen LogP contribution in [0.5, 0.6) is 0 Å². The van der Waals surface area contributed by atoms with Crippen LogP contribution >= 0.6 is 7.05 Å². The normalized spacial score (nSPS) is 15.6. The molecule has 0 aliphatic carbocycles. The molecule has 156 valence electrons. The molecule has 0 saturated carbocycles. The fraction of sp³-hybridized carbons (Fsp3) is 0.435. The number of rotatable bonds is 8. The van der Waals surface area contributed by atoms with E-state index in [0.717, 1.165) is 30.6 Å². The number of carbonyl (C=O) groups excluding carboxylic acids is 1. The van der Waals surface area contributed by atoms with Gasteiger partial charge in [0.15, 0.2) is 0 Å². The van der Waals surface area contributed by atoms with Gasteiger partial charge in [0.1, 0.15) is 0 Å². The second kappa shape index (κ2) is 10.1. The molecule has 3 rings (SSSR count). The predicted molar refractivity (Wildman–Crippen MR) is 122 cm³/mol. The Morgan fingerprint density at radius 3 is 1.76 bits per heavy atom. The van der Waals surface area contributed by atoms with Gasteiger partial charge in [0, 0.05) is 26.2 Å². The number of nitrogens with zero attached hydrogens (tertiary/aromatic N) is 4. The molecule has 29 heavy (non-hydrogen) atoms. The van der Waals surface area contributed by atoms with E-state index < -0.39 is 7.05 Å². The van der Waals surface area contributed by atoms with Crippen molar-refractivity contribution in [2.45, 2.75) is 19.5 Å². The zero-order valence-corrected chi connectivity index (χ0v) is 18.8. The smallest absolute Gasteiger partial charge is 0.307 e. The monoisotopic (exact) mass is 412 g/mol. The lowest BCUT2D eigenvalue weighted by atomic mass is 10.2. The van der Waals surface area contributed by atoms with Gasteiger partial charge < -0.3 is 14.5 Å². The van der Waals surface area contributed by atoms with Crippen LogP contribution in [0.2, 0.25) is 0 Å². The quantitative estimate of drug-likeness (QED) is 0.461. The standard InChI is InChI=1S/C23H33N4OP/c1-29(2,3)24-15-10-16-25-19-26(17-21-11-6-4-7-12-21)23(28)27(20-25)18-22-13-8-5-9-14-22/h4-9,11-14H,10,15-20H2,1-3H3. The first-order valence-electron chi connectivity index (χ1n) is 10.3. The summed E-state index contributed by atoms with van der Waals surface area (Å²) < 4.78 is 4.82. The van der Waals surface area contributed by atoms with E-state index in [4.69, 9.17) is 4.74 Å². The summed E-state index contributed by atoms with van der Waals surface area (Å²) >= 11 is 0. The summed E-state index contributed by atoms with van der Waals surface area (Å²) in [6, 6.07) is 20.6. The van der Waals surface area contributed by atoms with Crippen molar-refractivity contribution in [2.75, 3.05) is 46.4 Å². The number of benzene rings is 2. The molecule has 0 bridgehead atoms. The van der Waals surface area contributed by atoms with Gasteiger partial charge in [0.25, 0.3) is 0 Å². The zero-order chi connectivity index (χ0) is 20.7. The Bertz CT molecular complexity index is 773. The molecule has 2 aromatic rings. The molecule has 1 aliphatic rings. The minimum absolute atomic E-state index is 0.110. The molecule has 1 aliphatic heterocycles. The number of urea groups is 1. The Labute approximate surface area is 175 Å². The van der Waals surface area contributed by atoms with Crippen molar-refractivity contribution in [3.05, 3.63) is 71.8 Å². The lowest BCUT2D eigenvalue weighted by Crippen LogP contribution is -2.57. The largest absolute Gasteiger partial charge is 0.322 e. The molecule has 0 unspecified atom stereocenters. The summed E-state index contributed by atoms with van der Waals surface area (Å²) in [6.45, 7) is 11.2. The lowest BCUT2D eigenvalue weighted by Gasteiger charge is -2.42. The van der Waals surface area contributed by atoms with Crippen LogP contribution in [0.1, 0.15) is 17.5 Å². The van der Waals surface area contributed by atoms with Gasteiger partial charge in [-0.1, -0.05) is 60.7 Å². The molecule has 1 saturated heterocycles. The summed E-state index contributed by atoms with van der Waals surface area (Å²) in [4.78, 5) is 19.4. The molecule has 1 heterocycles. The molecule has 5 nitrogen and oxygen atoms in total. The van der Waals surface area contributed by atoms with E-state index in [9.17, 15) is 4.79 Å². The van der Waals surface area contributed by atoms with E-state index in [1.54, 1.807) is 0 Å². The van der Waals surface area contributed by atoms with Gasteiger partial charge in [-0.25, -0.2) is 4.79 Å². The number of amides is 2. The van der Waals surface area contributed by atoms with E-state index in [0.29, 0.717) is 26.4 Å². The molecule has 0 N–H and O–H groups in total. The van der Waals surface area contributed by atoms with Crippen molar-refractivity contribution in [1.82, 2.24) is 14.7 Å². The molecule has 0 aromatic heterocycles. The van der Waals surface area contributed by atoms with Gasteiger partial charge in [0.05, 0.1) is 13.3 Å². The highest BCUT2D eigenvalue weighted by atomic mass is 31.2. The molecule has 0 spiro atoms. The van der Waals surface area contributed by atoms with Crippen molar-refractivity contribution in [3.63, 3.8) is 0 Å². The molecule has 0 atom stereocenters. The van der Waals surface area contributed by atoms with E-state index in [1.165, 1.54) is 0 Å². The van der Waals surface area contributed by atoms with Crippen LogP contribution in [0.3, 0.4) is 0 Å². The van der Waals surface area contributed by atoms with Gasteiger partial charge in [0.2, 0.25) is 0 Å². The van der Waals surface area contributed by atoms with Gasteiger partial charge in [-0.3, -0.25) is 4.90 Å². The third kappa shape index (κ3) is 7.02. The van der Waals surface area contributed by atoms with Crippen LogP contribution in [0.25, 0.3) is 0 Å². The molecule has 2 amide bonds. The van der Waals surface area contributed by atoms with Crippen LogP contribution < -0.4 is 0 Å². The average Bonchev–Trinajstić information content (AvgIpc) is 2.69. The second-order valence-electron chi connectivity index (χ2n) is 8.49. The highest BCUT2D eigenvalue weighted by molar-refractivity contribution is 7.64. The second-order valence-corrected chi connectivity index (χ2v) is 12.7. The summed E-state index contributed by atoms with van der Waals surface area (Å²) in [5.41, 5.74) is 2.32. The zero-order valence-electron chi connectivity index (χ0n) is 17.9. The van der Waals surface area contributed by atoms with Crippen LogP contribution in [0, 0.1) is 0 Å². The number of carbonyl (C=O) groups is 1. The highest BCUT2D eigenvalue weighted by Crippen LogP contribution is 2.35. The maximum Gasteiger partial charge on any atom is 0.322 e. The first kappa shape index (κ1) is 21.6. The van der Waals surface area contributed by atoms with Crippen LogP contribution in [0.4, 0.5) is 4.79 Å². The van der Waals surface area contributed by atoms with Gasteiger partial charge in [-0.05, 0) is 44.6 Å². The SMILES string of the molecule is CP(C)(C)=NCCCN1CN(Cc2ccccc2)C(=O)N(Cc2ccccc2)C1. The minimum Gasteiger partial charge on any atom is -0.307 e. The van der Waals surface area contributed by atoms with E-state index in [-0.39, 0.29) is 6.03 Å². The Balaban J connectivity index is 1.68. The minimum atomic E-state index is -1.08. The van der Waals surface area contributed by atoms with Crippen LogP contribution in [0.15, 0.2) is 65.4 Å². The fourth-order valence-corrected chi connectivity index (χ4v) is 4.24. The van der Waals surface area contributed by atoms with Crippen LogP contribution in [-0.2, 0) is 13.1 Å². The molecular formula is C23H33N4OP. The molecule has 2 aromatic carbocycles. The highest BCUT2D eigenvalue weighted by Gasteiger charge is 2.30. The third-order valence-corrected chi connectivity index (χ3v) is 5.92. The Morgan fingerprint density at radius 1 is 0.828 bits per heavy atom. The first-order valence-corrected chi connectivity index (χ1v) is 13.3. The predicted octanol–water partition coefficient (Wildman–Crippen LogP) is 4.82. The molecule has 6 heteroatoms. The van der Waals surface area contributed by atoms with Crippen molar-refractivity contribution < 1.29 is 4.79 Å². The van der Waals surface area contributed by atoms with E-state index in [1.807, 2.05) is 46.2 Å². The first-order chi connectivity index (χ1) is 13.9. The van der Waals surface area contributed by atoms with E-state index in [2.05, 4.69) is 49.2 Å². The number of hydrogen-bond donors (Lipinski definition) is 0. The molecular weight excluding hydrogens is 379 g/mol. The Morgan fingerprint density at radius 2 is 1.31 bits per heavy atom. The van der Waals surface area contributed by atoms with E-state index >= 15 is 0 Å². The molecule has 1 fully saturated rings. The van der Waals surface area contributed by atoms with Gasteiger partial charge in [-0.15, -0.1) is 0 Å². The summed E-state index contributed by atoms with van der Waals surface area (Å²) in [6.07, 6.45) is 1.03. The summed E-state index contributed by atoms with van der Waals surface area (Å²) in [5.74, 6) is 0. The Kier molecular flexibility index (Phi) is 7.51. The topological polar surface area (TPSA) is 39.1 Å². The summed E-state index contributed by atoms with van der Waals surface area (Å²) in [7, 11) is -1.08. The van der Waals surface area contributed by atoms with Crippen molar-refractivity contribution in [2.24, 2.45) is 4.74 Å².